The highest BCUT2D eigenvalue weighted by Gasteiger charge is 2.20. The van der Waals surface area contributed by atoms with Gasteiger partial charge in [-0.2, -0.15) is 5.10 Å². The summed E-state index contributed by atoms with van der Waals surface area (Å²) in [6.07, 6.45) is 3.27. The van der Waals surface area contributed by atoms with Crippen LogP contribution < -0.4 is 10.6 Å². The molecule has 0 saturated heterocycles. The van der Waals surface area contributed by atoms with Gasteiger partial charge in [-0.3, -0.25) is 4.68 Å². The minimum atomic E-state index is -0.379. The average Bonchev–Trinajstić information content (AvgIpc) is 2.79. The van der Waals surface area contributed by atoms with Gasteiger partial charge < -0.3 is 15.4 Å². The second kappa shape index (κ2) is 6.51. The molecule has 6 heteroatoms. The summed E-state index contributed by atoms with van der Waals surface area (Å²) in [5.74, 6) is 0. The van der Waals surface area contributed by atoms with Crippen LogP contribution in [0.1, 0.15) is 17.7 Å². The molecule has 116 valence electrons. The number of benzene rings is 1. The number of carbonyl (C=O) groups excluding carboxylic acids is 1. The number of alkyl carbamates (subject to hydrolysis) is 1. The average molecular weight is 300 g/mol. The number of rotatable bonds is 3. The van der Waals surface area contributed by atoms with E-state index in [2.05, 4.69) is 15.7 Å². The largest absolute Gasteiger partial charge is 0.445 e. The van der Waals surface area contributed by atoms with Gasteiger partial charge in [0.15, 0.2) is 0 Å². The monoisotopic (exact) mass is 300 g/mol. The molecule has 6 nitrogen and oxygen atoms in total. The lowest BCUT2D eigenvalue weighted by molar-refractivity contribution is 0.135. The minimum Gasteiger partial charge on any atom is -0.445 e. The van der Waals surface area contributed by atoms with E-state index in [1.54, 1.807) is 4.68 Å². The van der Waals surface area contributed by atoms with Crippen LogP contribution in [0, 0.1) is 0 Å². The van der Waals surface area contributed by atoms with E-state index in [1.807, 2.05) is 43.6 Å². The Balaban J connectivity index is 1.47. The molecular formula is C16H20N4O2. The first-order valence-corrected chi connectivity index (χ1v) is 7.44. The Morgan fingerprint density at radius 1 is 1.45 bits per heavy atom. The summed E-state index contributed by atoms with van der Waals surface area (Å²) >= 11 is 0. The Hall–Kier alpha value is -2.50. The number of nitrogens with zero attached hydrogens (tertiary/aromatic N) is 2. The van der Waals surface area contributed by atoms with E-state index in [4.69, 9.17) is 4.74 Å². The first-order valence-electron chi connectivity index (χ1n) is 7.44. The number of amides is 1. The smallest absolute Gasteiger partial charge is 0.407 e. The van der Waals surface area contributed by atoms with Crippen LogP contribution in [-0.4, -0.2) is 28.5 Å². The van der Waals surface area contributed by atoms with Crippen molar-refractivity contribution in [3.8, 4) is 0 Å². The molecule has 1 atom stereocenters. The van der Waals surface area contributed by atoms with Crippen molar-refractivity contribution in [1.82, 2.24) is 15.1 Å². The second-order valence-corrected chi connectivity index (χ2v) is 5.49. The van der Waals surface area contributed by atoms with E-state index in [9.17, 15) is 4.79 Å². The molecule has 0 fully saturated rings. The summed E-state index contributed by atoms with van der Waals surface area (Å²) in [4.78, 5) is 11.9. The Bertz CT molecular complexity index is 613. The lowest BCUT2D eigenvalue weighted by atomic mass is 10.1. The van der Waals surface area contributed by atoms with Gasteiger partial charge in [0.1, 0.15) is 6.61 Å². The van der Waals surface area contributed by atoms with Crippen LogP contribution in [-0.2, 0) is 24.8 Å². The van der Waals surface area contributed by atoms with E-state index in [-0.39, 0.29) is 18.7 Å². The molecule has 0 radical (unpaired) electrons. The molecule has 0 saturated carbocycles. The van der Waals surface area contributed by atoms with Gasteiger partial charge in [-0.25, -0.2) is 4.79 Å². The van der Waals surface area contributed by atoms with Gasteiger partial charge in [-0.1, -0.05) is 30.3 Å². The maximum Gasteiger partial charge on any atom is 0.407 e. The first-order chi connectivity index (χ1) is 10.7. The molecule has 0 unspecified atom stereocenters. The molecule has 22 heavy (non-hydrogen) atoms. The van der Waals surface area contributed by atoms with Gasteiger partial charge in [-0.15, -0.1) is 0 Å². The van der Waals surface area contributed by atoms with Crippen molar-refractivity contribution in [2.45, 2.75) is 25.5 Å². The molecule has 3 rings (SSSR count). The van der Waals surface area contributed by atoms with E-state index in [0.717, 1.165) is 29.8 Å². The van der Waals surface area contributed by atoms with Crippen LogP contribution >= 0.6 is 0 Å². The number of hydrogen-bond donors (Lipinski definition) is 2. The van der Waals surface area contributed by atoms with Crippen LogP contribution in [0.15, 0.2) is 36.5 Å². The van der Waals surface area contributed by atoms with E-state index in [1.165, 1.54) is 0 Å². The second-order valence-electron chi connectivity index (χ2n) is 5.49. The number of anilines is 1. The summed E-state index contributed by atoms with van der Waals surface area (Å²) in [5, 5.41) is 10.6. The predicted octanol–water partition coefficient (Wildman–Crippen LogP) is 2.07. The summed E-state index contributed by atoms with van der Waals surface area (Å²) in [6, 6.07) is 9.70. The molecule has 2 heterocycles. The highest BCUT2D eigenvalue weighted by molar-refractivity contribution is 5.67. The maximum absolute atomic E-state index is 11.9. The minimum absolute atomic E-state index is 0.0442. The lowest BCUT2D eigenvalue weighted by Crippen LogP contribution is -2.39. The number of aryl methyl sites for hydroxylation is 2. The molecule has 1 amide bonds. The van der Waals surface area contributed by atoms with Crippen molar-refractivity contribution in [1.29, 1.82) is 0 Å². The number of nitrogens with one attached hydrogen (secondary N) is 2. The third-order valence-electron chi connectivity index (χ3n) is 3.71. The van der Waals surface area contributed by atoms with Gasteiger partial charge in [0, 0.05) is 25.8 Å². The molecule has 1 aromatic carbocycles. The molecule has 2 N–H and O–H groups in total. The van der Waals surface area contributed by atoms with Gasteiger partial charge in [0.05, 0.1) is 11.4 Å². The Kier molecular flexibility index (Phi) is 4.27. The summed E-state index contributed by atoms with van der Waals surface area (Å²) in [5.41, 5.74) is 3.07. The molecular weight excluding hydrogens is 280 g/mol. The zero-order chi connectivity index (χ0) is 15.4. The van der Waals surface area contributed by atoms with Crippen molar-refractivity contribution in [2.24, 2.45) is 7.05 Å². The lowest BCUT2D eigenvalue weighted by Gasteiger charge is -2.16. The van der Waals surface area contributed by atoms with E-state index in [0.29, 0.717) is 6.54 Å². The quantitative estimate of drug-likeness (QED) is 0.910. The molecule has 0 spiro atoms. The van der Waals surface area contributed by atoms with Crippen molar-refractivity contribution >= 4 is 11.8 Å². The van der Waals surface area contributed by atoms with E-state index >= 15 is 0 Å². The zero-order valence-corrected chi connectivity index (χ0v) is 12.6. The molecule has 0 bridgehead atoms. The van der Waals surface area contributed by atoms with Crippen LogP contribution in [0.4, 0.5) is 10.5 Å². The molecule has 1 aliphatic heterocycles. The Morgan fingerprint density at radius 2 is 2.27 bits per heavy atom. The van der Waals surface area contributed by atoms with Crippen molar-refractivity contribution < 1.29 is 9.53 Å². The fraction of sp³-hybridized carbons (Fsp3) is 0.375. The molecule has 0 aliphatic carbocycles. The Morgan fingerprint density at radius 3 is 3.09 bits per heavy atom. The third kappa shape index (κ3) is 3.58. The van der Waals surface area contributed by atoms with Crippen molar-refractivity contribution in [2.75, 3.05) is 11.9 Å². The van der Waals surface area contributed by atoms with Crippen LogP contribution in [0.25, 0.3) is 0 Å². The SMILES string of the molecule is Cn1cc2c(n1)CC[C@H](NC(=O)OCc1ccccc1)CN2. The summed E-state index contributed by atoms with van der Waals surface area (Å²) < 4.78 is 7.06. The van der Waals surface area contributed by atoms with Gasteiger partial charge in [0.25, 0.3) is 0 Å². The van der Waals surface area contributed by atoms with Gasteiger partial charge in [0.2, 0.25) is 0 Å². The number of aromatic nitrogens is 2. The number of carbonyl (C=O) groups is 1. The molecule has 2 aromatic rings. The van der Waals surface area contributed by atoms with Crippen LogP contribution in [0.5, 0.6) is 0 Å². The number of fused-ring (bicyclic) bond motifs is 1. The molecule has 1 aliphatic rings. The Labute approximate surface area is 129 Å². The maximum atomic E-state index is 11.9. The van der Waals surface area contributed by atoms with Crippen molar-refractivity contribution in [3.63, 3.8) is 0 Å². The van der Waals surface area contributed by atoms with Crippen molar-refractivity contribution in [3.05, 3.63) is 47.8 Å². The standard InChI is InChI=1S/C16H20N4O2/c1-20-10-15-14(19-20)8-7-13(9-17-15)18-16(21)22-11-12-5-3-2-4-6-12/h2-6,10,13,17H,7-9,11H2,1H3,(H,18,21)/t13-/m0/s1. The van der Waals surface area contributed by atoms with Crippen LogP contribution in [0.3, 0.4) is 0 Å². The van der Waals surface area contributed by atoms with Crippen LogP contribution in [0.2, 0.25) is 0 Å². The fourth-order valence-corrected chi connectivity index (χ4v) is 2.57. The highest BCUT2D eigenvalue weighted by atomic mass is 16.5. The van der Waals surface area contributed by atoms with Gasteiger partial charge >= 0.3 is 6.09 Å². The topological polar surface area (TPSA) is 68.2 Å². The van der Waals surface area contributed by atoms with E-state index < -0.39 is 0 Å². The first kappa shape index (κ1) is 14.4. The summed E-state index contributed by atoms with van der Waals surface area (Å²) in [6.45, 7) is 0.967. The summed E-state index contributed by atoms with van der Waals surface area (Å²) in [7, 11) is 1.91. The number of hydrogen-bond acceptors (Lipinski definition) is 4. The predicted molar refractivity (Wildman–Crippen MR) is 83.6 cm³/mol. The number of ether oxygens (including phenoxy) is 1. The fourth-order valence-electron chi connectivity index (χ4n) is 2.57. The van der Waals surface area contributed by atoms with Gasteiger partial charge in [-0.05, 0) is 18.4 Å². The molecule has 1 aromatic heterocycles. The third-order valence-corrected chi connectivity index (χ3v) is 3.71. The normalized spacial score (nSPS) is 17.0. The zero-order valence-electron chi connectivity index (χ0n) is 12.6. The highest BCUT2D eigenvalue weighted by Crippen LogP contribution is 2.19.